The number of para-hydroxylation sites is 1. The number of aromatic amines is 1. The Morgan fingerprint density at radius 3 is 2.81 bits per heavy atom. The Bertz CT molecular complexity index is 476. The van der Waals surface area contributed by atoms with Gasteiger partial charge in [0.2, 0.25) is 0 Å². The SMILES string of the molecule is C1=CC=NNC=C1.c1ccc2[nH]ccc2c1. The smallest absolute Gasteiger partial charge is 0.0472 e. The molecular weight excluding hydrogens is 198 g/mol. The molecule has 2 aromatic rings. The van der Waals surface area contributed by atoms with Crippen LogP contribution in [0.25, 0.3) is 10.9 Å². The molecule has 0 fully saturated rings. The third-order valence-corrected chi connectivity index (χ3v) is 2.09. The number of nitrogens with one attached hydrogen (secondary N) is 2. The number of aromatic nitrogens is 1. The molecule has 16 heavy (non-hydrogen) atoms. The minimum atomic E-state index is 1.21. The summed E-state index contributed by atoms with van der Waals surface area (Å²) in [7, 11) is 0. The molecule has 0 bridgehead atoms. The lowest BCUT2D eigenvalue weighted by atomic mass is 10.3. The largest absolute Gasteiger partial charge is 0.361 e. The molecule has 1 aromatic heterocycles. The lowest BCUT2D eigenvalue weighted by Gasteiger charge is -1.83. The van der Waals surface area contributed by atoms with E-state index in [1.807, 2.05) is 36.6 Å². The van der Waals surface area contributed by atoms with Crippen molar-refractivity contribution in [3.8, 4) is 0 Å². The third kappa shape index (κ3) is 2.85. The Morgan fingerprint density at radius 2 is 1.88 bits per heavy atom. The van der Waals surface area contributed by atoms with Gasteiger partial charge in [0, 0.05) is 24.1 Å². The summed E-state index contributed by atoms with van der Waals surface area (Å²) in [6, 6.07) is 10.3. The highest BCUT2D eigenvalue weighted by Gasteiger charge is 1.86. The van der Waals surface area contributed by atoms with Crippen LogP contribution in [0.4, 0.5) is 0 Å². The number of rotatable bonds is 0. The van der Waals surface area contributed by atoms with E-state index in [4.69, 9.17) is 0 Å². The molecule has 3 nitrogen and oxygen atoms in total. The van der Waals surface area contributed by atoms with Crippen LogP contribution in [0.2, 0.25) is 0 Å². The maximum Gasteiger partial charge on any atom is 0.0472 e. The van der Waals surface area contributed by atoms with Gasteiger partial charge < -0.3 is 4.98 Å². The molecule has 2 heterocycles. The van der Waals surface area contributed by atoms with Crippen LogP contribution < -0.4 is 5.43 Å². The highest BCUT2D eigenvalue weighted by atomic mass is 15.3. The molecule has 0 radical (unpaired) electrons. The van der Waals surface area contributed by atoms with Crippen molar-refractivity contribution in [2.24, 2.45) is 5.10 Å². The zero-order valence-corrected chi connectivity index (χ0v) is 8.80. The van der Waals surface area contributed by atoms with Crippen LogP contribution in [0, 0.1) is 0 Å². The minimum absolute atomic E-state index is 1.21. The lowest BCUT2D eigenvalue weighted by molar-refractivity contribution is 0.980. The first-order valence-electron chi connectivity index (χ1n) is 5.09. The van der Waals surface area contributed by atoms with E-state index >= 15 is 0 Å². The van der Waals surface area contributed by atoms with Crippen LogP contribution in [0.1, 0.15) is 0 Å². The summed E-state index contributed by atoms with van der Waals surface area (Å²) in [5.41, 5.74) is 3.88. The average Bonchev–Trinajstić information content (AvgIpc) is 2.61. The Hall–Kier alpha value is -2.29. The molecule has 0 saturated carbocycles. The van der Waals surface area contributed by atoms with Crippen LogP contribution in [0.15, 0.2) is 66.1 Å². The number of H-pyrrole nitrogens is 1. The summed E-state index contributed by atoms with van der Waals surface area (Å²) in [5, 5.41) is 5.00. The van der Waals surface area contributed by atoms with Crippen LogP contribution in [0.5, 0.6) is 0 Å². The molecule has 3 rings (SSSR count). The van der Waals surface area contributed by atoms with Crippen molar-refractivity contribution in [1.82, 2.24) is 10.4 Å². The maximum atomic E-state index is 3.72. The first-order chi connectivity index (χ1) is 7.97. The highest BCUT2D eigenvalue weighted by Crippen LogP contribution is 2.09. The number of fused-ring (bicyclic) bond motifs is 1. The van der Waals surface area contributed by atoms with Gasteiger partial charge in [-0.25, -0.2) is 0 Å². The van der Waals surface area contributed by atoms with Gasteiger partial charge in [0.1, 0.15) is 0 Å². The van der Waals surface area contributed by atoms with Gasteiger partial charge in [0.25, 0.3) is 0 Å². The molecule has 0 unspecified atom stereocenters. The Kier molecular flexibility index (Phi) is 3.55. The lowest BCUT2D eigenvalue weighted by Crippen LogP contribution is -1.89. The van der Waals surface area contributed by atoms with Gasteiger partial charge in [-0.05, 0) is 29.7 Å². The standard InChI is InChI=1S/C8H7N.C5H6N2/c1-2-4-8-7(3-1)5-6-9-8;1-2-4-6-7-5-3-1/h1-6,9H;1-6H. The van der Waals surface area contributed by atoms with E-state index in [1.165, 1.54) is 10.9 Å². The predicted octanol–water partition coefficient (Wildman–Crippen LogP) is 2.81. The van der Waals surface area contributed by atoms with Gasteiger partial charge in [-0.1, -0.05) is 24.3 Å². The molecule has 1 aromatic carbocycles. The summed E-state index contributed by atoms with van der Waals surface area (Å²) < 4.78 is 0. The molecule has 3 heteroatoms. The van der Waals surface area contributed by atoms with Gasteiger partial charge in [0.15, 0.2) is 0 Å². The predicted molar refractivity (Wildman–Crippen MR) is 68.2 cm³/mol. The fourth-order valence-electron chi connectivity index (χ4n) is 1.34. The van der Waals surface area contributed by atoms with Gasteiger partial charge in [-0.3, -0.25) is 5.43 Å². The third-order valence-electron chi connectivity index (χ3n) is 2.09. The summed E-state index contributed by atoms with van der Waals surface area (Å²) in [5.74, 6) is 0. The number of nitrogens with zero attached hydrogens (tertiary/aromatic N) is 1. The van der Waals surface area contributed by atoms with Crippen molar-refractivity contribution in [3.63, 3.8) is 0 Å². The van der Waals surface area contributed by atoms with Crippen molar-refractivity contribution < 1.29 is 0 Å². The van der Waals surface area contributed by atoms with E-state index in [2.05, 4.69) is 33.7 Å². The average molecular weight is 211 g/mol. The van der Waals surface area contributed by atoms with Crippen molar-refractivity contribution in [1.29, 1.82) is 0 Å². The van der Waals surface area contributed by atoms with Gasteiger partial charge in [0.05, 0.1) is 0 Å². The van der Waals surface area contributed by atoms with E-state index in [1.54, 1.807) is 12.4 Å². The van der Waals surface area contributed by atoms with Crippen LogP contribution in [-0.2, 0) is 0 Å². The molecule has 0 atom stereocenters. The molecule has 0 spiro atoms. The second-order valence-corrected chi connectivity index (χ2v) is 3.22. The van der Waals surface area contributed by atoms with E-state index in [0.29, 0.717) is 0 Å². The Morgan fingerprint density at radius 1 is 0.938 bits per heavy atom. The first kappa shape index (κ1) is 10.2. The fraction of sp³-hybridized carbons (Fsp3) is 0. The Labute approximate surface area is 94.2 Å². The van der Waals surface area contributed by atoms with Crippen LogP contribution in [0.3, 0.4) is 0 Å². The number of hydrazone groups is 1. The van der Waals surface area contributed by atoms with E-state index in [9.17, 15) is 0 Å². The van der Waals surface area contributed by atoms with Crippen molar-refractivity contribution in [3.05, 3.63) is 61.0 Å². The number of benzene rings is 1. The molecule has 1 aliphatic heterocycles. The summed E-state index contributed by atoms with van der Waals surface area (Å²) >= 11 is 0. The fourth-order valence-corrected chi connectivity index (χ4v) is 1.34. The number of hydrogen-bond donors (Lipinski definition) is 2. The van der Waals surface area contributed by atoms with Crippen molar-refractivity contribution in [2.45, 2.75) is 0 Å². The van der Waals surface area contributed by atoms with E-state index < -0.39 is 0 Å². The van der Waals surface area contributed by atoms with Gasteiger partial charge >= 0.3 is 0 Å². The van der Waals surface area contributed by atoms with Crippen LogP contribution >= 0.6 is 0 Å². The van der Waals surface area contributed by atoms with Crippen molar-refractivity contribution in [2.75, 3.05) is 0 Å². The second kappa shape index (κ2) is 5.56. The molecule has 0 amide bonds. The highest BCUT2D eigenvalue weighted by molar-refractivity contribution is 5.78. The Balaban J connectivity index is 0.000000125. The number of hydrogen-bond acceptors (Lipinski definition) is 2. The zero-order valence-electron chi connectivity index (χ0n) is 8.80. The van der Waals surface area contributed by atoms with Crippen LogP contribution in [-0.4, -0.2) is 11.2 Å². The summed E-state index contributed by atoms with van der Waals surface area (Å²) in [4.78, 5) is 3.12. The summed E-state index contributed by atoms with van der Waals surface area (Å²) in [6.07, 6.45) is 11.1. The quantitative estimate of drug-likeness (QED) is 0.691. The first-order valence-corrected chi connectivity index (χ1v) is 5.09. The van der Waals surface area contributed by atoms with Gasteiger partial charge in [-0.15, -0.1) is 0 Å². The molecule has 0 saturated heterocycles. The maximum absolute atomic E-state index is 3.72. The zero-order chi connectivity index (χ0) is 11.1. The van der Waals surface area contributed by atoms with E-state index in [-0.39, 0.29) is 0 Å². The second-order valence-electron chi connectivity index (χ2n) is 3.22. The molecule has 80 valence electrons. The van der Waals surface area contributed by atoms with E-state index in [0.717, 1.165) is 0 Å². The monoisotopic (exact) mass is 211 g/mol. The molecule has 1 aliphatic rings. The molecule has 2 N–H and O–H groups in total. The van der Waals surface area contributed by atoms with Gasteiger partial charge in [-0.2, -0.15) is 5.10 Å². The summed E-state index contributed by atoms with van der Waals surface area (Å²) in [6.45, 7) is 0. The molecule has 0 aliphatic carbocycles. The number of allylic oxidation sites excluding steroid dienone is 3. The van der Waals surface area contributed by atoms with Crippen molar-refractivity contribution >= 4 is 17.1 Å². The normalized spacial score (nSPS) is 12.8. The molecular formula is C13H13N3. The minimum Gasteiger partial charge on any atom is -0.361 e. The topological polar surface area (TPSA) is 40.2 Å².